The van der Waals surface area contributed by atoms with E-state index in [4.69, 9.17) is 9.15 Å². The number of hydrogen-bond acceptors (Lipinski definition) is 4. The highest BCUT2D eigenvalue weighted by atomic mass is 16.5. The second kappa shape index (κ2) is 6.20. The molecule has 0 N–H and O–H groups in total. The smallest absolute Gasteiger partial charge is 0.222 e. The molecule has 5 nitrogen and oxygen atoms in total. The van der Waals surface area contributed by atoms with E-state index in [9.17, 15) is 4.79 Å². The summed E-state index contributed by atoms with van der Waals surface area (Å²) in [4.78, 5) is 16.1. The van der Waals surface area contributed by atoms with Gasteiger partial charge in [0, 0.05) is 33.6 Å². The van der Waals surface area contributed by atoms with Crippen molar-refractivity contribution in [3.63, 3.8) is 0 Å². The first-order valence-corrected chi connectivity index (χ1v) is 7.66. The number of hydrogen-bond donors (Lipinski definition) is 0. The van der Waals surface area contributed by atoms with Crippen LogP contribution in [0.2, 0.25) is 0 Å². The topological polar surface area (TPSA) is 45.9 Å². The SMILES string of the molecule is CN(C)C(=O)C[C@@H]1COC[C@H]2CN(Cc3ccco3)C[C@@H]12. The zero-order valence-electron chi connectivity index (χ0n) is 12.8. The van der Waals surface area contributed by atoms with Crippen molar-refractivity contribution in [3.05, 3.63) is 24.2 Å². The minimum Gasteiger partial charge on any atom is -0.468 e. The van der Waals surface area contributed by atoms with Crippen molar-refractivity contribution in [2.75, 3.05) is 40.4 Å². The predicted molar refractivity (Wildman–Crippen MR) is 78.6 cm³/mol. The van der Waals surface area contributed by atoms with E-state index in [1.165, 1.54) is 0 Å². The second-order valence-electron chi connectivity index (χ2n) is 6.49. The molecule has 1 aromatic heterocycles. The number of nitrogens with zero attached hydrogens (tertiary/aromatic N) is 2. The molecular weight excluding hydrogens is 268 g/mol. The molecule has 0 aromatic carbocycles. The van der Waals surface area contributed by atoms with E-state index < -0.39 is 0 Å². The van der Waals surface area contributed by atoms with Crippen molar-refractivity contribution >= 4 is 5.91 Å². The molecule has 0 saturated carbocycles. The molecule has 3 rings (SSSR count). The molecule has 0 bridgehead atoms. The Morgan fingerprint density at radius 3 is 2.95 bits per heavy atom. The fraction of sp³-hybridized carbons (Fsp3) is 0.688. The molecule has 3 atom stereocenters. The quantitative estimate of drug-likeness (QED) is 0.843. The highest BCUT2D eigenvalue weighted by molar-refractivity contribution is 5.75. The Kier molecular flexibility index (Phi) is 4.31. The van der Waals surface area contributed by atoms with Gasteiger partial charge in [0.15, 0.2) is 0 Å². The summed E-state index contributed by atoms with van der Waals surface area (Å²) < 4.78 is 11.2. The first-order chi connectivity index (χ1) is 10.1. The van der Waals surface area contributed by atoms with E-state index in [1.807, 2.05) is 26.2 Å². The third-order valence-electron chi connectivity index (χ3n) is 4.73. The summed E-state index contributed by atoms with van der Waals surface area (Å²) in [5, 5.41) is 0. The molecule has 2 aliphatic rings. The van der Waals surface area contributed by atoms with Gasteiger partial charge in [-0.05, 0) is 29.9 Å². The van der Waals surface area contributed by atoms with Gasteiger partial charge in [-0.3, -0.25) is 9.69 Å². The first kappa shape index (κ1) is 14.6. The molecule has 2 aliphatic heterocycles. The van der Waals surface area contributed by atoms with Gasteiger partial charge in [0.05, 0.1) is 26.0 Å². The fourth-order valence-corrected chi connectivity index (χ4v) is 3.56. The minimum atomic E-state index is 0.203. The van der Waals surface area contributed by atoms with E-state index in [0.29, 0.717) is 24.2 Å². The lowest BCUT2D eigenvalue weighted by Gasteiger charge is -2.33. The number of amides is 1. The van der Waals surface area contributed by atoms with Gasteiger partial charge in [0.25, 0.3) is 0 Å². The molecule has 0 spiro atoms. The molecule has 0 unspecified atom stereocenters. The van der Waals surface area contributed by atoms with Crippen molar-refractivity contribution in [1.82, 2.24) is 9.80 Å². The lowest BCUT2D eigenvalue weighted by molar-refractivity contribution is -0.132. The highest BCUT2D eigenvalue weighted by Gasteiger charge is 2.41. The Hall–Kier alpha value is -1.33. The number of carbonyl (C=O) groups is 1. The van der Waals surface area contributed by atoms with Gasteiger partial charge in [-0.25, -0.2) is 0 Å². The van der Waals surface area contributed by atoms with Crippen molar-refractivity contribution in [3.8, 4) is 0 Å². The number of carbonyl (C=O) groups excluding carboxylic acids is 1. The Morgan fingerprint density at radius 2 is 2.24 bits per heavy atom. The lowest BCUT2D eigenvalue weighted by atomic mass is 9.81. The van der Waals surface area contributed by atoms with Crippen molar-refractivity contribution < 1.29 is 13.9 Å². The maximum atomic E-state index is 12.0. The van der Waals surface area contributed by atoms with Crippen molar-refractivity contribution in [2.45, 2.75) is 13.0 Å². The van der Waals surface area contributed by atoms with Crippen LogP contribution in [0, 0.1) is 17.8 Å². The molecule has 5 heteroatoms. The van der Waals surface area contributed by atoms with E-state index >= 15 is 0 Å². The van der Waals surface area contributed by atoms with Crippen LogP contribution in [0.15, 0.2) is 22.8 Å². The normalized spacial score (nSPS) is 29.3. The highest BCUT2D eigenvalue weighted by Crippen LogP contribution is 2.36. The van der Waals surface area contributed by atoms with Crippen LogP contribution in [-0.4, -0.2) is 56.1 Å². The maximum Gasteiger partial charge on any atom is 0.222 e. The number of furan rings is 1. The molecule has 0 aliphatic carbocycles. The summed E-state index contributed by atoms with van der Waals surface area (Å²) in [7, 11) is 3.64. The van der Waals surface area contributed by atoms with Crippen LogP contribution in [-0.2, 0) is 16.1 Å². The summed E-state index contributed by atoms with van der Waals surface area (Å²) in [6.07, 6.45) is 2.32. The molecule has 3 heterocycles. The number of likely N-dealkylation sites (tertiary alicyclic amines) is 1. The van der Waals surface area contributed by atoms with Crippen LogP contribution in [0.5, 0.6) is 0 Å². The summed E-state index contributed by atoms with van der Waals surface area (Å²) >= 11 is 0. The van der Waals surface area contributed by atoms with Crippen LogP contribution in [0.1, 0.15) is 12.2 Å². The largest absolute Gasteiger partial charge is 0.468 e. The average molecular weight is 292 g/mol. The van der Waals surface area contributed by atoms with Crippen LogP contribution >= 0.6 is 0 Å². The number of rotatable bonds is 4. The maximum absolute atomic E-state index is 12.0. The number of fused-ring (bicyclic) bond motifs is 1. The molecule has 0 radical (unpaired) electrons. The van der Waals surface area contributed by atoms with E-state index in [0.717, 1.165) is 38.6 Å². The molecule has 2 saturated heterocycles. The number of ether oxygens (including phenoxy) is 1. The Bertz CT molecular complexity index is 472. The van der Waals surface area contributed by atoms with Crippen LogP contribution in [0.4, 0.5) is 0 Å². The van der Waals surface area contributed by atoms with E-state index in [2.05, 4.69) is 4.90 Å². The van der Waals surface area contributed by atoms with Gasteiger partial charge in [-0.2, -0.15) is 0 Å². The first-order valence-electron chi connectivity index (χ1n) is 7.66. The zero-order valence-corrected chi connectivity index (χ0v) is 12.8. The molecule has 1 aromatic rings. The summed E-state index contributed by atoms with van der Waals surface area (Å²) in [6.45, 7) is 4.48. The minimum absolute atomic E-state index is 0.203. The third kappa shape index (κ3) is 3.30. The van der Waals surface area contributed by atoms with E-state index in [-0.39, 0.29) is 5.91 Å². The lowest BCUT2D eigenvalue weighted by Crippen LogP contribution is -2.38. The third-order valence-corrected chi connectivity index (χ3v) is 4.73. The average Bonchev–Trinajstić information content (AvgIpc) is 3.08. The fourth-order valence-electron chi connectivity index (χ4n) is 3.56. The van der Waals surface area contributed by atoms with Gasteiger partial charge in [-0.15, -0.1) is 0 Å². The molecule has 116 valence electrons. The molecule has 2 fully saturated rings. The van der Waals surface area contributed by atoms with Crippen LogP contribution in [0.3, 0.4) is 0 Å². The summed E-state index contributed by atoms with van der Waals surface area (Å²) in [5.41, 5.74) is 0. The van der Waals surface area contributed by atoms with Gasteiger partial charge in [-0.1, -0.05) is 0 Å². The molecule has 21 heavy (non-hydrogen) atoms. The van der Waals surface area contributed by atoms with Crippen LogP contribution in [0.25, 0.3) is 0 Å². The second-order valence-corrected chi connectivity index (χ2v) is 6.49. The zero-order chi connectivity index (χ0) is 14.8. The van der Waals surface area contributed by atoms with Gasteiger partial charge < -0.3 is 14.1 Å². The van der Waals surface area contributed by atoms with E-state index in [1.54, 1.807) is 11.2 Å². The van der Waals surface area contributed by atoms with Gasteiger partial charge in [0.1, 0.15) is 5.76 Å². The summed E-state index contributed by atoms with van der Waals surface area (Å²) in [6, 6.07) is 3.95. The molecule has 1 amide bonds. The summed E-state index contributed by atoms with van der Waals surface area (Å²) in [5.74, 6) is 2.68. The Balaban J connectivity index is 1.61. The standard InChI is InChI=1S/C16H24N2O3/c1-17(2)16(19)6-12-10-20-11-13-7-18(9-15(12)13)8-14-4-3-5-21-14/h3-5,12-13,15H,6-11H2,1-2H3/t12-,13-,15+/m1/s1. The monoisotopic (exact) mass is 292 g/mol. The Labute approximate surface area is 125 Å². The van der Waals surface area contributed by atoms with Crippen LogP contribution < -0.4 is 0 Å². The molecular formula is C16H24N2O3. The van der Waals surface area contributed by atoms with Crippen molar-refractivity contribution in [1.29, 1.82) is 0 Å². The Morgan fingerprint density at radius 1 is 1.38 bits per heavy atom. The van der Waals surface area contributed by atoms with Gasteiger partial charge >= 0.3 is 0 Å². The van der Waals surface area contributed by atoms with Gasteiger partial charge in [0.2, 0.25) is 5.91 Å². The van der Waals surface area contributed by atoms with Crippen molar-refractivity contribution in [2.24, 2.45) is 17.8 Å². The predicted octanol–water partition coefficient (Wildman–Crippen LogP) is 1.45.